The lowest BCUT2D eigenvalue weighted by atomic mass is 10.0. The molecule has 22 heavy (non-hydrogen) atoms. The van der Waals surface area contributed by atoms with Crippen LogP contribution in [0.4, 0.5) is 5.69 Å². The highest BCUT2D eigenvalue weighted by atomic mass is 16.5. The number of hydrogen-bond donors (Lipinski definition) is 2. The van der Waals surface area contributed by atoms with Gasteiger partial charge in [0, 0.05) is 5.69 Å². The molecule has 0 aliphatic carbocycles. The van der Waals surface area contributed by atoms with E-state index in [2.05, 4.69) is 5.32 Å². The molecule has 1 aliphatic heterocycles. The molecule has 0 bridgehead atoms. The van der Waals surface area contributed by atoms with Gasteiger partial charge in [0.1, 0.15) is 5.75 Å². The van der Waals surface area contributed by atoms with Gasteiger partial charge in [-0.05, 0) is 48.6 Å². The molecule has 1 heterocycles. The van der Waals surface area contributed by atoms with E-state index in [1.165, 1.54) is 0 Å². The molecule has 0 radical (unpaired) electrons. The minimum absolute atomic E-state index is 0.166. The number of anilines is 1. The van der Waals surface area contributed by atoms with E-state index in [0.717, 1.165) is 42.0 Å². The fourth-order valence-electron chi connectivity index (χ4n) is 2.63. The van der Waals surface area contributed by atoms with Crippen molar-refractivity contribution in [2.75, 3.05) is 11.9 Å². The SMILES string of the molecule is N[C@@H](Cc1ccccc1)C(=O)Nc1ccc2c(c1)CCCO2. The molecule has 1 atom stereocenters. The highest BCUT2D eigenvalue weighted by Crippen LogP contribution is 2.27. The summed E-state index contributed by atoms with van der Waals surface area (Å²) in [6, 6.07) is 15.0. The van der Waals surface area contributed by atoms with E-state index in [-0.39, 0.29) is 5.91 Å². The molecular formula is C18H20N2O2. The summed E-state index contributed by atoms with van der Waals surface area (Å²) < 4.78 is 5.57. The molecule has 0 unspecified atom stereocenters. The van der Waals surface area contributed by atoms with Crippen molar-refractivity contribution in [3.05, 3.63) is 59.7 Å². The number of benzene rings is 2. The summed E-state index contributed by atoms with van der Waals surface area (Å²) in [6.45, 7) is 0.765. The standard InChI is InChI=1S/C18H20N2O2/c19-16(11-13-5-2-1-3-6-13)18(21)20-15-8-9-17-14(12-15)7-4-10-22-17/h1-3,5-6,8-9,12,16H,4,7,10-11,19H2,(H,20,21)/t16-/m0/s1. The van der Waals surface area contributed by atoms with Crippen molar-refractivity contribution in [2.24, 2.45) is 5.73 Å². The van der Waals surface area contributed by atoms with Crippen LogP contribution >= 0.6 is 0 Å². The van der Waals surface area contributed by atoms with Crippen LogP contribution in [0.1, 0.15) is 17.5 Å². The van der Waals surface area contributed by atoms with Gasteiger partial charge in [0.15, 0.2) is 0 Å². The molecule has 3 N–H and O–H groups in total. The Morgan fingerprint density at radius 3 is 2.86 bits per heavy atom. The van der Waals surface area contributed by atoms with E-state index in [0.29, 0.717) is 6.42 Å². The number of nitrogens with two attached hydrogens (primary N) is 1. The summed E-state index contributed by atoms with van der Waals surface area (Å²) in [6.07, 6.45) is 2.52. The highest BCUT2D eigenvalue weighted by Gasteiger charge is 2.16. The number of aryl methyl sites for hydroxylation is 1. The predicted octanol–water partition coefficient (Wildman–Crippen LogP) is 2.52. The number of fused-ring (bicyclic) bond motifs is 1. The Balaban J connectivity index is 1.63. The normalized spacial score (nSPS) is 14.6. The summed E-state index contributed by atoms with van der Waals surface area (Å²) >= 11 is 0. The average Bonchev–Trinajstić information content (AvgIpc) is 2.55. The molecule has 0 aromatic heterocycles. The van der Waals surface area contributed by atoms with Crippen molar-refractivity contribution < 1.29 is 9.53 Å². The van der Waals surface area contributed by atoms with Crippen LogP contribution in [0.15, 0.2) is 48.5 Å². The predicted molar refractivity (Wildman–Crippen MR) is 87.0 cm³/mol. The molecule has 4 nitrogen and oxygen atoms in total. The van der Waals surface area contributed by atoms with Crippen LogP contribution in [-0.4, -0.2) is 18.6 Å². The second kappa shape index (κ2) is 6.62. The molecule has 2 aromatic carbocycles. The van der Waals surface area contributed by atoms with E-state index < -0.39 is 6.04 Å². The van der Waals surface area contributed by atoms with Gasteiger partial charge in [-0.25, -0.2) is 0 Å². The molecule has 0 saturated heterocycles. The van der Waals surface area contributed by atoms with Crippen LogP contribution in [-0.2, 0) is 17.6 Å². The van der Waals surface area contributed by atoms with Gasteiger partial charge in [0.25, 0.3) is 0 Å². The van der Waals surface area contributed by atoms with Gasteiger partial charge in [-0.1, -0.05) is 30.3 Å². The Hall–Kier alpha value is -2.33. The van der Waals surface area contributed by atoms with Crippen LogP contribution in [0.25, 0.3) is 0 Å². The third-order valence-corrected chi connectivity index (χ3v) is 3.81. The summed E-state index contributed by atoms with van der Waals surface area (Å²) in [4.78, 5) is 12.2. The number of amides is 1. The lowest BCUT2D eigenvalue weighted by molar-refractivity contribution is -0.117. The van der Waals surface area contributed by atoms with Gasteiger partial charge >= 0.3 is 0 Å². The molecule has 2 aromatic rings. The minimum Gasteiger partial charge on any atom is -0.493 e. The van der Waals surface area contributed by atoms with E-state index >= 15 is 0 Å². The number of rotatable bonds is 4. The van der Waals surface area contributed by atoms with Crippen molar-refractivity contribution in [2.45, 2.75) is 25.3 Å². The topological polar surface area (TPSA) is 64.4 Å². The van der Waals surface area contributed by atoms with Crippen LogP contribution in [0.5, 0.6) is 5.75 Å². The summed E-state index contributed by atoms with van der Waals surface area (Å²) in [5.41, 5.74) is 8.97. The average molecular weight is 296 g/mol. The summed E-state index contributed by atoms with van der Waals surface area (Å²) in [7, 11) is 0. The van der Waals surface area contributed by atoms with Crippen molar-refractivity contribution in [1.82, 2.24) is 0 Å². The number of hydrogen-bond acceptors (Lipinski definition) is 3. The fraction of sp³-hybridized carbons (Fsp3) is 0.278. The second-order valence-corrected chi connectivity index (χ2v) is 5.56. The summed E-state index contributed by atoms with van der Waals surface area (Å²) in [5.74, 6) is 0.748. The zero-order valence-corrected chi connectivity index (χ0v) is 12.4. The Morgan fingerprint density at radius 2 is 2.05 bits per heavy atom. The first kappa shape index (κ1) is 14.6. The van der Waals surface area contributed by atoms with Gasteiger partial charge in [-0.15, -0.1) is 0 Å². The summed E-state index contributed by atoms with van der Waals surface area (Å²) in [5, 5.41) is 2.89. The third-order valence-electron chi connectivity index (χ3n) is 3.81. The van der Waals surface area contributed by atoms with Crippen LogP contribution in [0.2, 0.25) is 0 Å². The van der Waals surface area contributed by atoms with E-state index in [1.54, 1.807) is 0 Å². The first-order valence-electron chi connectivity index (χ1n) is 7.58. The second-order valence-electron chi connectivity index (χ2n) is 5.56. The van der Waals surface area contributed by atoms with Gasteiger partial charge in [-0.3, -0.25) is 4.79 Å². The van der Waals surface area contributed by atoms with Gasteiger partial charge in [0.2, 0.25) is 5.91 Å². The molecule has 0 spiro atoms. The number of carbonyl (C=O) groups excluding carboxylic acids is 1. The van der Waals surface area contributed by atoms with Gasteiger partial charge < -0.3 is 15.8 Å². The van der Waals surface area contributed by atoms with Crippen molar-refractivity contribution in [3.63, 3.8) is 0 Å². The zero-order valence-electron chi connectivity index (χ0n) is 12.4. The number of nitrogens with one attached hydrogen (secondary N) is 1. The Morgan fingerprint density at radius 1 is 1.23 bits per heavy atom. The van der Waals surface area contributed by atoms with Crippen molar-refractivity contribution in [3.8, 4) is 5.75 Å². The molecule has 0 saturated carbocycles. The third kappa shape index (κ3) is 3.46. The molecule has 114 valence electrons. The molecule has 0 fully saturated rings. The first-order valence-corrected chi connectivity index (χ1v) is 7.58. The molecule has 1 aliphatic rings. The van der Waals surface area contributed by atoms with Crippen LogP contribution < -0.4 is 15.8 Å². The van der Waals surface area contributed by atoms with Crippen LogP contribution in [0, 0.1) is 0 Å². The van der Waals surface area contributed by atoms with Crippen molar-refractivity contribution >= 4 is 11.6 Å². The quantitative estimate of drug-likeness (QED) is 0.911. The van der Waals surface area contributed by atoms with Crippen LogP contribution in [0.3, 0.4) is 0 Å². The Labute approximate surface area is 130 Å². The highest BCUT2D eigenvalue weighted by molar-refractivity contribution is 5.95. The van der Waals surface area contributed by atoms with E-state index in [9.17, 15) is 4.79 Å². The first-order chi connectivity index (χ1) is 10.7. The number of carbonyl (C=O) groups is 1. The molecular weight excluding hydrogens is 276 g/mol. The zero-order chi connectivity index (χ0) is 15.4. The monoisotopic (exact) mass is 296 g/mol. The molecule has 1 amide bonds. The molecule has 4 heteroatoms. The smallest absolute Gasteiger partial charge is 0.241 e. The molecule has 3 rings (SSSR count). The lowest BCUT2D eigenvalue weighted by Gasteiger charge is -2.18. The Bertz CT molecular complexity index is 655. The van der Waals surface area contributed by atoms with E-state index in [1.807, 2.05) is 48.5 Å². The lowest BCUT2D eigenvalue weighted by Crippen LogP contribution is -2.37. The van der Waals surface area contributed by atoms with Crippen molar-refractivity contribution in [1.29, 1.82) is 0 Å². The van der Waals surface area contributed by atoms with E-state index in [4.69, 9.17) is 10.5 Å². The number of ether oxygens (including phenoxy) is 1. The maximum absolute atomic E-state index is 12.2. The fourth-order valence-corrected chi connectivity index (χ4v) is 2.63. The maximum atomic E-state index is 12.2. The Kier molecular flexibility index (Phi) is 4.39. The largest absolute Gasteiger partial charge is 0.493 e. The van der Waals surface area contributed by atoms with Gasteiger partial charge in [0.05, 0.1) is 12.6 Å². The minimum atomic E-state index is -0.560. The van der Waals surface area contributed by atoms with Gasteiger partial charge in [-0.2, -0.15) is 0 Å². The maximum Gasteiger partial charge on any atom is 0.241 e.